The van der Waals surface area contributed by atoms with Gasteiger partial charge in [-0.25, -0.2) is 9.98 Å². The summed E-state index contributed by atoms with van der Waals surface area (Å²) in [6.07, 6.45) is 0.867. The second-order valence-corrected chi connectivity index (χ2v) is 15.0. The number of fused-ring (bicyclic) bond motifs is 1. The Morgan fingerprint density at radius 2 is 1.94 bits per heavy atom. The minimum atomic E-state index is -4.28. The van der Waals surface area contributed by atoms with Crippen LogP contribution in [0.25, 0.3) is 22.3 Å². The number of alkyl halides is 3. The molecule has 3 aromatic heterocycles. The number of β-amino-alcohol motifs (C(OH)–C–C–N with tert-alkyl or cyclic N) is 1. The number of carbonyl (C=O) groups excluding carboxylic acids is 1. The number of rotatable bonds is 10. The maximum atomic E-state index is 13.2. The van der Waals surface area contributed by atoms with Crippen molar-refractivity contribution in [1.29, 1.82) is 5.26 Å². The number of aliphatic hydroxyl groups is 1. The Balaban J connectivity index is 1.15. The molecule has 0 atom stereocenters. The number of nitriles is 1. The summed E-state index contributed by atoms with van der Waals surface area (Å²) in [5.74, 6) is 0.613. The van der Waals surface area contributed by atoms with E-state index in [1.165, 1.54) is 17.4 Å². The number of likely N-dealkylation sites (tertiary alicyclic amines) is 1. The number of halogens is 3. The highest BCUT2D eigenvalue weighted by Gasteiger charge is 2.45. The molecule has 0 radical (unpaired) electrons. The van der Waals surface area contributed by atoms with Crippen LogP contribution in [0.1, 0.15) is 55.3 Å². The largest absolute Gasteiger partial charge is 0.393 e. The second kappa shape index (κ2) is 15.2. The predicted octanol–water partition coefficient (Wildman–Crippen LogP) is 5.27. The molecule has 5 heterocycles. The summed E-state index contributed by atoms with van der Waals surface area (Å²) in [5, 5.41) is 29.7. The smallest absolute Gasteiger partial charge is 0.367 e. The Hall–Kier alpha value is -4.97. The van der Waals surface area contributed by atoms with Crippen LogP contribution in [0.3, 0.4) is 0 Å². The summed E-state index contributed by atoms with van der Waals surface area (Å²) >= 11 is 1.17. The van der Waals surface area contributed by atoms with Gasteiger partial charge in [-0.1, -0.05) is 18.2 Å². The monoisotopic (exact) mass is 744 g/mol. The van der Waals surface area contributed by atoms with Gasteiger partial charge in [-0.3, -0.25) is 9.69 Å². The summed E-state index contributed by atoms with van der Waals surface area (Å²) in [6, 6.07) is 13.4. The first-order chi connectivity index (χ1) is 25.2. The van der Waals surface area contributed by atoms with E-state index >= 15 is 0 Å². The molecule has 2 aliphatic rings. The van der Waals surface area contributed by atoms with Crippen LogP contribution in [-0.4, -0.2) is 70.1 Å². The first-order valence-corrected chi connectivity index (χ1v) is 18.3. The Labute approximate surface area is 310 Å². The van der Waals surface area contributed by atoms with E-state index in [4.69, 9.17) is 0 Å². The predicted molar refractivity (Wildman–Crippen MR) is 204 cm³/mol. The number of carbonyl (C=O) groups is 1. The molecule has 3 N–H and O–H groups in total. The number of nitrogens with zero attached hydrogens (tertiary/aromatic N) is 6. The molecule has 1 aromatic carbocycles. The number of benzene rings is 1. The van der Waals surface area contributed by atoms with E-state index in [0.29, 0.717) is 22.6 Å². The normalized spacial score (nSPS) is 17.1. The number of amides is 1. The Kier molecular flexibility index (Phi) is 10.8. The van der Waals surface area contributed by atoms with Crippen molar-refractivity contribution in [2.24, 2.45) is 4.99 Å². The lowest BCUT2D eigenvalue weighted by molar-refractivity contribution is -0.126. The molecule has 278 valence electrons. The van der Waals surface area contributed by atoms with Crippen molar-refractivity contribution >= 4 is 57.3 Å². The summed E-state index contributed by atoms with van der Waals surface area (Å²) < 4.78 is 42.2. The first kappa shape index (κ1) is 37.8. The van der Waals surface area contributed by atoms with Crippen LogP contribution in [0.4, 0.5) is 24.7 Å². The van der Waals surface area contributed by atoms with Crippen molar-refractivity contribution in [1.82, 2.24) is 19.8 Å². The summed E-state index contributed by atoms with van der Waals surface area (Å²) in [4.78, 5) is 25.1. The molecule has 14 heteroatoms. The van der Waals surface area contributed by atoms with Gasteiger partial charge < -0.3 is 25.2 Å². The van der Waals surface area contributed by atoms with Gasteiger partial charge in [0.1, 0.15) is 23.4 Å². The molecule has 2 fully saturated rings. The van der Waals surface area contributed by atoms with Crippen LogP contribution >= 0.6 is 11.3 Å². The Bertz CT molecular complexity index is 2230. The van der Waals surface area contributed by atoms with E-state index < -0.39 is 18.3 Å². The van der Waals surface area contributed by atoms with Gasteiger partial charge in [0.25, 0.3) is 0 Å². The lowest BCUT2D eigenvalue weighted by Crippen LogP contribution is -2.63. The van der Waals surface area contributed by atoms with Gasteiger partial charge in [-0.15, -0.1) is 11.3 Å². The highest BCUT2D eigenvalue weighted by atomic mass is 32.1. The molecule has 2 saturated heterocycles. The minimum absolute atomic E-state index is 0.115. The SMILES string of the molecule is C=CC(=O)Nc1cc(N2CC(O)(n3c(C#N)cc4c(C)c(CN5CCC(NC(/N=C\C)=c6\cc(CC(F)(F)F)sc6=C(C)C)CC5)ccc43)C2)ccn1. The fourth-order valence-electron chi connectivity index (χ4n) is 7.18. The molecule has 0 bridgehead atoms. The van der Waals surface area contributed by atoms with Crippen LogP contribution < -0.4 is 25.3 Å². The number of hydrogen-bond donors (Lipinski definition) is 3. The highest BCUT2D eigenvalue weighted by Crippen LogP contribution is 2.38. The van der Waals surface area contributed by atoms with Crippen molar-refractivity contribution in [3.63, 3.8) is 0 Å². The van der Waals surface area contributed by atoms with Gasteiger partial charge in [0, 0.05) is 69.9 Å². The van der Waals surface area contributed by atoms with Gasteiger partial charge in [0.05, 0.1) is 25.0 Å². The molecular weight excluding hydrogens is 702 g/mol. The number of aliphatic imine (C=N–C) groups is 1. The molecular formula is C39H43F3N8O2S. The quantitative estimate of drug-likeness (QED) is 0.150. The average Bonchev–Trinajstić information content (AvgIpc) is 3.70. The molecule has 0 unspecified atom stereocenters. The van der Waals surface area contributed by atoms with Gasteiger partial charge in [-0.2, -0.15) is 18.4 Å². The lowest BCUT2D eigenvalue weighted by atomic mass is 10.00. The molecule has 10 nitrogen and oxygen atoms in total. The van der Waals surface area contributed by atoms with Gasteiger partial charge in [-0.05, 0) is 82.0 Å². The first-order valence-electron chi connectivity index (χ1n) is 17.5. The molecule has 53 heavy (non-hydrogen) atoms. The lowest BCUT2D eigenvalue weighted by Gasteiger charge is -2.49. The maximum Gasteiger partial charge on any atom is 0.393 e. The fraction of sp³-hybridized carbons (Fsp3) is 0.385. The van der Waals surface area contributed by atoms with Crippen LogP contribution in [0, 0.1) is 18.3 Å². The summed E-state index contributed by atoms with van der Waals surface area (Å²) in [6.45, 7) is 14.0. The van der Waals surface area contributed by atoms with Gasteiger partial charge in [0.2, 0.25) is 5.91 Å². The highest BCUT2D eigenvalue weighted by molar-refractivity contribution is 7.09. The van der Waals surface area contributed by atoms with Crippen LogP contribution in [-0.2, 0) is 23.5 Å². The molecule has 2 aliphatic heterocycles. The van der Waals surface area contributed by atoms with E-state index in [1.807, 2.05) is 37.8 Å². The zero-order valence-corrected chi connectivity index (χ0v) is 31.0. The average molecular weight is 745 g/mol. The van der Waals surface area contributed by atoms with E-state index in [9.17, 15) is 28.3 Å². The zero-order chi connectivity index (χ0) is 38.1. The van der Waals surface area contributed by atoms with Gasteiger partial charge in [0.15, 0.2) is 5.72 Å². The summed E-state index contributed by atoms with van der Waals surface area (Å²) in [7, 11) is 0. The van der Waals surface area contributed by atoms with E-state index in [2.05, 4.69) is 44.2 Å². The number of aromatic nitrogens is 2. The van der Waals surface area contributed by atoms with E-state index in [-0.39, 0.29) is 29.9 Å². The molecule has 4 aromatic rings. The number of pyridine rings is 1. The molecule has 0 spiro atoms. The number of nitrogens with one attached hydrogen (secondary N) is 2. The third-order valence-corrected chi connectivity index (χ3v) is 11.1. The Morgan fingerprint density at radius 1 is 1.21 bits per heavy atom. The fourth-order valence-corrected chi connectivity index (χ4v) is 8.32. The number of piperidine rings is 1. The van der Waals surface area contributed by atoms with Crippen LogP contribution in [0.15, 0.2) is 60.2 Å². The maximum absolute atomic E-state index is 13.2. The number of thiophene rings is 1. The number of anilines is 2. The molecule has 6 rings (SSSR count). The van der Waals surface area contributed by atoms with Crippen molar-refractivity contribution in [2.45, 2.75) is 71.4 Å². The van der Waals surface area contributed by atoms with Gasteiger partial charge >= 0.3 is 6.18 Å². The molecule has 0 saturated carbocycles. The van der Waals surface area contributed by atoms with Crippen LogP contribution in [0.5, 0.6) is 0 Å². The third kappa shape index (κ3) is 8.17. The third-order valence-electron chi connectivity index (χ3n) is 9.78. The van der Waals surface area contributed by atoms with Crippen molar-refractivity contribution < 1.29 is 23.1 Å². The number of aryl methyl sites for hydroxylation is 1. The standard InChI is InChI=1S/C39H43F3N8O2S/c1-6-35(51)47-34-17-28(10-13-45-34)49-22-38(52,23-49)50-29(20-43)16-31-25(5)26(8-9-33(31)50)21-48-14-11-27(12-15-48)46-37(44-7-2)32-18-30(19-39(40,41)42)53-36(32)24(3)4/h6-10,13,16-18,27,46,52H,1,11-12,14-15,19,21-23H2,2-5H3,(H,45,47,51)/b37-32+,44-7-. The van der Waals surface area contributed by atoms with Crippen LogP contribution in [0.2, 0.25) is 0 Å². The van der Waals surface area contributed by atoms with Crippen molar-refractivity contribution in [3.05, 3.63) is 86.7 Å². The number of hydrogen-bond acceptors (Lipinski definition) is 9. The molecule has 1 amide bonds. The minimum Gasteiger partial charge on any atom is -0.367 e. The van der Waals surface area contributed by atoms with E-state index in [1.54, 1.807) is 42.1 Å². The summed E-state index contributed by atoms with van der Waals surface area (Å²) in [5.41, 5.74) is 3.77. The van der Waals surface area contributed by atoms with Crippen molar-refractivity contribution in [2.75, 3.05) is 36.4 Å². The molecule has 0 aliphatic carbocycles. The topological polar surface area (TPSA) is 122 Å². The second-order valence-electron chi connectivity index (χ2n) is 13.9. The van der Waals surface area contributed by atoms with E-state index in [0.717, 1.165) is 70.3 Å². The van der Waals surface area contributed by atoms with Crippen molar-refractivity contribution in [3.8, 4) is 6.07 Å². The Morgan fingerprint density at radius 3 is 2.58 bits per heavy atom. The zero-order valence-electron chi connectivity index (χ0n) is 30.2.